The van der Waals surface area contributed by atoms with E-state index >= 15 is 0 Å². The van der Waals surface area contributed by atoms with Gasteiger partial charge in [0.15, 0.2) is 11.5 Å². The molecule has 136 valence electrons. The maximum atomic E-state index is 11.5. The fourth-order valence-electron chi connectivity index (χ4n) is 3.46. The highest BCUT2D eigenvalue weighted by molar-refractivity contribution is 6.35. The van der Waals surface area contributed by atoms with Crippen LogP contribution in [-0.2, 0) is 6.42 Å². The third-order valence-electron chi connectivity index (χ3n) is 4.91. The Kier molecular flexibility index (Phi) is 4.38. The molecule has 4 N–H and O–H groups in total. The second-order valence-electron chi connectivity index (χ2n) is 6.76. The predicted octanol–water partition coefficient (Wildman–Crippen LogP) is 2.49. The van der Waals surface area contributed by atoms with E-state index in [1.54, 1.807) is 6.07 Å². The van der Waals surface area contributed by atoms with Crippen molar-refractivity contribution in [3.63, 3.8) is 0 Å². The normalized spacial score (nSPS) is 17.0. The third kappa shape index (κ3) is 3.30. The largest absolute Gasteiger partial charge is 0.355 e. The molecule has 1 saturated heterocycles. The van der Waals surface area contributed by atoms with Crippen molar-refractivity contribution in [2.24, 2.45) is 5.73 Å². The van der Waals surface area contributed by atoms with E-state index in [2.05, 4.69) is 24.8 Å². The fourth-order valence-corrected chi connectivity index (χ4v) is 3.94. The van der Waals surface area contributed by atoms with Crippen LogP contribution in [0.4, 0.5) is 5.82 Å². The maximum Gasteiger partial charge on any atom is 0.325 e. The molecule has 9 heteroatoms. The molecule has 4 rings (SSSR count). The average molecular weight is 393 g/mol. The van der Waals surface area contributed by atoms with Crippen molar-refractivity contribution in [2.45, 2.75) is 24.8 Å². The molecule has 0 aliphatic carbocycles. The second kappa shape index (κ2) is 6.57. The van der Waals surface area contributed by atoms with Gasteiger partial charge in [0.2, 0.25) is 0 Å². The van der Waals surface area contributed by atoms with Crippen molar-refractivity contribution in [3.05, 3.63) is 50.6 Å². The van der Waals surface area contributed by atoms with Crippen molar-refractivity contribution in [1.82, 2.24) is 19.9 Å². The van der Waals surface area contributed by atoms with Crippen LogP contribution in [0.25, 0.3) is 11.2 Å². The van der Waals surface area contributed by atoms with E-state index in [-0.39, 0.29) is 11.2 Å². The number of piperidine rings is 1. The lowest BCUT2D eigenvalue weighted by atomic mass is 9.83. The Hall–Kier alpha value is -2.09. The summed E-state index contributed by atoms with van der Waals surface area (Å²) >= 11 is 12.3. The van der Waals surface area contributed by atoms with Gasteiger partial charge in [-0.3, -0.25) is 4.98 Å². The number of H-pyrrole nitrogens is 2. The molecule has 0 unspecified atom stereocenters. The fraction of sp³-hybridized carbons (Fsp3) is 0.353. The zero-order chi connectivity index (χ0) is 18.3. The highest BCUT2D eigenvalue weighted by Crippen LogP contribution is 2.31. The van der Waals surface area contributed by atoms with Crippen LogP contribution in [0.1, 0.15) is 18.4 Å². The SMILES string of the molecule is NC1(Cc2ccc(Cl)cc2Cl)CCN(c2ncnc3[nH]c(=O)[nH]c23)CC1. The molecule has 3 heterocycles. The van der Waals surface area contributed by atoms with Crippen molar-refractivity contribution in [3.8, 4) is 0 Å². The Balaban J connectivity index is 1.51. The Labute approximate surface area is 159 Å². The summed E-state index contributed by atoms with van der Waals surface area (Å²) in [5.41, 5.74) is 8.16. The van der Waals surface area contributed by atoms with Crippen LogP contribution in [0, 0.1) is 0 Å². The Bertz CT molecular complexity index is 1010. The number of halogens is 2. The minimum atomic E-state index is -0.342. The van der Waals surface area contributed by atoms with Gasteiger partial charge in [-0.25, -0.2) is 14.8 Å². The van der Waals surface area contributed by atoms with Crippen LogP contribution in [0.2, 0.25) is 10.0 Å². The van der Waals surface area contributed by atoms with E-state index < -0.39 is 0 Å². The van der Waals surface area contributed by atoms with E-state index in [9.17, 15) is 4.79 Å². The van der Waals surface area contributed by atoms with E-state index in [0.29, 0.717) is 27.6 Å². The molecule has 1 aliphatic heterocycles. The number of hydrogen-bond acceptors (Lipinski definition) is 5. The number of nitrogens with zero attached hydrogens (tertiary/aromatic N) is 3. The van der Waals surface area contributed by atoms with Gasteiger partial charge < -0.3 is 15.6 Å². The van der Waals surface area contributed by atoms with Crippen LogP contribution in [0.3, 0.4) is 0 Å². The van der Waals surface area contributed by atoms with Gasteiger partial charge in [-0.1, -0.05) is 29.3 Å². The molecule has 1 aliphatic rings. The van der Waals surface area contributed by atoms with Crippen molar-refractivity contribution in [1.29, 1.82) is 0 Å². The molecule has 0 spiro atoms. The number of aromatic nitrogens is 4. The van der Waals surface area contributed by atoms with Crippen molar-refractivity contribution < 1.29 is 0 Å². The van der Waals surface area contributed by atoms with E-state index in [1.807, 2.05) is 12.1 Å². The summed E-state index contributed by atoms with van der Waals surface area (Å²) in [6.07, 6.45) is 3.72. The summed E-state index contributed by atoms with van der Waals surface area (Å²) in [4.78, 5) is 27.5. The standard InChI is InChI=1S/C17H18Cl2N6O/c18-11-2-1-10(12(19)7-11)8-17(20)3-5-25(6-4-17)15-13-14(21-9-22-15)24-16(26)23-13/h1-2,7,9H,3-6,8,20H2,(H2,21,22,23,24,26). The molecule has 0 bridgehead atoms. The third-order valence-corrected chi connectivity index (χ3v) is 5.50. The number of nitrogens with one attached hydrogen (secondary N) is 2. The van der Waals surface area contributed by atoms with E-state index in [0.717, 1.165) is 37.3 Å². The molecule has 0 saturated carbocycles. The van der Waals surface area contributed by atoms with E-state index in [4.69, 9.17) is 28.9 Å². The Morgan fingerprint density at radius 2 is 1.96 bits per heavy atom. The number of benzene rings is 1. The molecular formula is C17H18Cl2N6O. The van der Waals surface area contributed by atoms with Gasteiger partial charge in [-0.05, 0) is 37.0 Å². The van der Waals surface area contributed by atoms with Crippen molar-refractivity contribution >= 4 is 40.2 Å². The van der Waals surface area contributed by atoms with Crippen LogP contribution in [0.15, 0.2) is 29.3 Å². The summed E-state index contributed by atoms with van der Waals surface area (Å²) in [6, 6.07) is 5.52. The summed E-state index contributed by atoms with van der Waals surface area (Å²) in [5, 5.41) is 1.26. The van der Waals surface area contributed by atoms with Gasteiger partial charge in [0.25, 0.3) is 0 Å². The Morgan fingerprint density at radius 3 is 2.69 bits per heavy atom. The van der Waals surface area contributed by atoms with Crippen LogP contribution < -0.4 is 16.3 Å². The second-order valence-corrected chi connectivity index (χ2v) is 7.61. The lowest BCUT2D eigenvalue weighted by Gasteiger charge is -2.40. The average Bonchev–Trinajstić information content (AvgIpc) is 2.98. The van der Waals surface area contributed by atoms with Gasteiger partial charge >= 0.3 is 5.69 Å². The van der Waals surface area contributed by atoms with Gasteiger partial charge in [-0.2, -0.15) is 0 Å². The van der Waals surface area contributed by atoms with E-state index in [1.165, 1.54) is 6.33 Å². The molecule has 1 aromatic carbocycles. The van der Waals surface area contributed by atoms with Gasteiger partial charge in [0, 0.05) is 28.7 Å². The first kappa shape index (κ1) is 17.3. The molecule has 26 heavy (non-hydrogen) atoms. The summed E-state index contributed by atoms with van der Waals surface area (Å²) in [6.45, 7) is 1.47. The molecule has 0 amide bonds. The molecule has 0 atom stereocenters. The summed E-state index contributed by atoms with van der Waals surface area (Å²) in [5.74, 6) is 0.722. The number of rotatable bonds is 3. The predicted molar refractivity (Wildman–Crippen MR) is 103 cm³/mol. The molecule has 1 fully saturated rings. The highest BCUT2D eigenvalue weighted by atomic mass is 35.5. The van der Waals surface area contributed by atoms with Crippen LogP contribution in [0.5, 0.6) is 0 Å². The highest BCUT2D eigenvalue weighted by Gasteiger charge is 2.32. The lowest BCUT2D eigenvalue weighted by molar-refractivity contribution is 0.330. The van der Waals surface area contributed by atoms with Crippen LogP contribution >= 0.6 is 23.2 Å². The number of fused-ring (bicyclic) bond motifs is 1. The minimum Gasteiger partial charge on any atom is -0.355 e. The van der Waals surface area contributed by atoms with Crippen LogP contribution in [-0.4, -0.2) is 38.6 Å². The first-order valence-corrected chi connectivity index (χ1v) is 9.10. The Morgan fingerprint density at radius 1 is 1.19 bits per heavy atom. The summed E-state index contributed by atoms with van der Waals surface area (Å²) < 4.78 is 0. The monoisotopic (exact) mass is 392 g/mol. The van der Waals surface area contributed by atoms with Gasteiger partial charge in [0.1, 0.15) is 11.8 Å². The first-order chi connectivity index (χ1) is 12.4. The number of anilines is 1. The number of aromatic amines is 2. The van der Waals surface area contributed by atoms with Gasteiger partial charge in [-0.15, -0.1) is 0 Å². The van der Waals surface area contributed by atoms with Crippen molar-refractivity contribution in [2.75, 3.05) is 18.0 Å². The zero-order valence-corrected chi connectivity index (χ0v) is 15.4. The number of hydrogen-bond donors (Lipinski definition) is 3. The first-order valence-electron chi connectivity index (χ1n) is 8.34. The molecule has 2 aromatic heterocycles. The molecule has 7 nitrogen and oxygen atoms in total. The minimum absolute atomic E-state index is 0.288. The molecular weight excluding hydrogens is 375 g/mol. The topological polar surface area (TPSA) is 104 Å². The lowest BCUT2D eigenvalue weighted by Crippen LogP contribution is -2.52. The quantitative estimate of drug-likeness (QED) is 0.634. The molecule has 3 aromatic rings. The zero-order valence-electron chi connectivity index (χ0n) is 13.9. The maximum absolute atomic E-state index is 11.5. The van der Waals surface area contributed by atoms with Gasteiger partial charge in [0.05, 0.1) is 0 Å². The number of nitrogens with two attached hydrogens (primary N) is 1. The molecule has 0 radical (unpaired) electrons. The smallest absolute Gasteiger partial charge is 0.325 e. The summed E-state index contributed by atoms with van der Waals surface area (Å²) in [7, 11) is 0. The number of imidazole rings is 1.